The number of hydrogen-bond donors (Lipinski definition) is 5. The van der Waals surface area contributed by atoms with Gasteiger partial charge < -0.3 is 40.8 Å². The monoisotopic (exact) mass is 808 g/mol. The summed E-state index contributed by atoms with van der Waals surface area (Å²) in [4.78, 5) is 37.5. The molecule has 0 radical (unpaired) electrons. The van der Waals surface area contributed by atoms with Gasteiger partial charge in [0.25, 0.3) is 0 Å². The van der Waals surface area contributed by atoms with E-state index in [4.69, 9.17) is 34.5 Å². The highest BCUT2D eigenvalue weighted by molar-refractivity contribution is 7.48. The van der Waals surface area contributed by atoms with Crippen LogP contribution in [0.25, 0.3) is 0 Å². The predicted octanol–water partition coefficient (Wildman–Crippen LogP) is 5.35. The second-order valence-corrected chi connectivity index (χ2v) is 18.3. The molecular formula is C41H65N2O12P. The number of aryl methyl sites for hydroxylation is 1. The first-order valence-corrected chi connectivity index (χ1v) is 22.3. The number of unbranched alkanes of at least 4 members (excludes halogenated alkanes) is 2. The molecule has 1 amide bonds. The Kier molecular flexibility index (Phi) is 15.8. The highest BCUT2D eigenvalue weighted by Gasteiger charge is 2.56. The molecule has 0 aliphatic heterocycles. The first-order chi connectivity index (χ1) is 26.7. The van der Waals surface area contributed by atoms with E-state index in [1.165, 1.54) is 11.1 Å². The molecule has 0 heterocycles. The number of benzene rings is 1. The maximum absolute atomic E-state index is 13.5. The van der Waals surface area contributed by atoms with Crippen molar-refractivity contribution in [2.75, 3.05) is 13.2 Å². The first-order valence-electron chi connectivity index (χ1n) is 20.9. The van der Waals surface area contributed by atoms with Gasteiger partial charge >= 0.3 is 19.8 Å². The van der Waals surface area contributed by atoms with Crippen molar-refractivity contribution >= 4 is 25.7 Å². The summed E-state index contributed by atoms with van der Waals surface area (Å²) >= 11 is 0. The summed E-state index contributed by atoms with van der Waals surface area (Å²) in [6.07, 6.45) is 4.08. The quantitative estimate of drug-likeness (QED) is 0.0637. The van der Waals surface area contributed by atoms with Crippen LogP contribution in [0.1, 0.15) is 134 Å². The fraction of sp³-hybridized carbons (Fsp3) is 0.780. The average molecular weight is 809 g/mol. The highest BCUT2D eigenvalue weighted by Crippen LogP contribution is 2.62. The van der Waals surface area contributed by atoms with Crippen LogP contribution >= 0.6 is 7.82 Å². The summed E-state index contributed by atoms with van der Waals surface area (Å²) in [7, 11) is -3.75. The van der Waals surface area contributed by atoms with Gasteiger partial charge in [0.1, 0.15) is 23.9 Å². The summed E-state index contributed by atoms with van der Waals surface area (Å²) in [5, 5.41) is 31.4. The number of phosphoric ester groups is 1. The smallest absolute Gasteiger partial charge is 0.462 e. The fourth-order valence-electron chi connectivity index (χ4n) is 9.66. The molecule has 1 aromatic carbocycles. The van der Waals surface area contributed by atoms with Crippen LogP contribution < -0.4 is 16.0 Å². The molecular weight excluding hydrogens is 743 g/mol. The number of carbonyl (C=O) groups is 3. The lowest BCUT2D eigenvalue weighted by Gasteiger charge is -2.50. The van der Waals surface area contributed by atoms with Gasteiger partial charge in [-0.3, -0.25) is 23.4 Å². The van der Waals surface area contributed by atoms with Crippen LogP contribution in [0.15, 0.2) is 18.2 Å². The van der Waals surface area contributed by atoms with Crippen molar-refractivity contribution in [2.45, 2.75) is 166 Å². The maximum Gasteiger partial charge on any atom is 0.530 e. The molecule has 14 nitrogen and oxygen atoms in total. The van der Waals surface area contributed by atoms with E-state index in [9.17, 15) is 34.3 Å². The van der Waals surface area contributed by atoms with Crippen LogP contribution in [0, 0.1) is 23.2 Å². The number of nitrogens with two attached hydrogens (primary N) is 2. The molecule has 7 N–H and O–H groups in total. The lowest BCUT2D eigenvalue weighted by Crippen LogP contribution is -2.55. The molecule has 56 heavy (non-hydrogen) atoms. The number of fused-ring (bicyclic) bond motifs is 5. The standard InChI is InChI=1S/C41H65N2O12P/c1-4-6-22-51-56(50,52-23-7-5-2)55-26-9-11-27-25(24-26)8-10-29-28(27)20-21-41(3)30(29)12-17-35(41)54-37(47)19-15-33(45)32(44)14-18-36(46)53-34-16-13-31(42)39(48)38(34)40(43)49/h9,11,24,28-35,38-39,44-45,48H,4-8,10,12-23,42H2,1-3H3,(H2,43,49). The lowest BCUT2D eigenvalue weighted by atomic mass is 9.55. The minimum atomic E-state index is -3.75. The van der Waals surface area contributed by atoms with Crippen molar-refractivity contribution in [3.63, 3.8) is 0 Å². The van der Waals surface area contributed by atoms with Gasteiger partial charge in [0.2, 0.25) is 5.91 Å². The van der Waals surface area contributed by atoms with Crippen molar-refractivity contribution in [1.82, 2.24) is 0 Å². The number of carbonyl (C=O) groups excluding carboxylic acids is 3. The first kappa shape index (κ1) is 44.5. The number of phosphoric acid groups is 1. The Hall–Kier alpha value is -2.58. The molecule has 5 rings (SSSR count). The van der Waals surface area contributed by atoms with Gasteiger partial charge in [-0.15, -0.1) is 0 Å². The Morgan fingerprint density at radius 2 is 1.55 bits per heavy atom. The van der Waals surface area contributed by atoms with Gasteiger partial charge in [0.05, 0.1) is 31.5 Å². The van der Waals surface area contributed by atoms with Crippen LogP contribution in [0.5, 0.6) is 5.75 Å². The molecule has 1 aromatic rings. The minimum absolute atomic E-state index is 0.0310. The number of rotatable bonds is 20. The van der Waals surface area contributed by atoms with Gasteiger partial charge in [0.15, 0.2) is 0 Å². The topological polar surface area (TPSA) is 227 Å². The van der Waals surface area contributed by atoms with Crippen LogP contribution in [-0.2, 0) is 43.9 Å². The second kappa shape index (κ2) is 19.9. The van der Waals surface area contributed by atoms with Crippen molar-refractivity contribution in [3.05, 3.63) is 29.3 Å². The number of aliphatic hydroxyl groups is 3. The highest BCUT2D eigenvalue weighted by atomic mass is 31.2. The summed E-state index contributed by atoms with van der Waals surface area (Å²) in [5.41, 5.74) is 13.6. The van der Waals surface area contributed by atoms with Crippen molar-refractivity contribution in [2.24, 2.45) is 34.6 Å². The average Bonchev–Trinajstić information content (AvgIpc) is 3.49. The normalized spacial score (nSPS) is 31.0. The third-order valence-corrected chi connectivity index (χ3v) is 14.4. The second-order valence-electron chi connectivity index (χ2n) is 16.7. The molecule has 0 aromatic heterocycles. The Morgan fingerprint density at radius 3 is 2.18 bits per heavy atom. The Balaban J connectivity index is 1.09. The summed E-state index contributed by atoms with van der Waals surface area (Å²) in [6, 6.07) is 5.34. The number of primary amides is 1. The van der Waals surface area contributed by atoms with E-state index in [-0.39, 0.29) is 43.6 Å². The molecule has 4 aliphatic carbocycles. The van der Waals surface area contributed by atoms with E-state index in [0.717, 1.165) is 64.2 Å². The number of ether oxygens (including phenoxy) is 2. The number of amides is 1. The Labute approximate surface area is 331 Å². The third-order valence-electron chi connectivity index (χ3n) is 12.9. The fourth-order valence-corrected chi connectivity index (χ4v) is 10.9. The van der Waals surface area contributed by atoms with Crippen molar-refractivity contribution in [1.29, 1.82) is 0 Å². The summed E-state index contributed by atoms with van der Waals surface area (Å²) in [5.74, 6) is -1.34. The summed E-state index contributed by atoms with van der Waals surface area (Å²) < 4.78 is 42.2. The Morgan fingerprint density at radius 1 is 0.911 bits per heavy atom. The van der Waals surface area contributed by atoms with Gasteiger partial charge in [-0.1, -0.05) is 39.7 Å². The zero-order valence-electron chi connectivity index (χ0n) is 33.4. The van der Waals surface area contributed by atoms with E-state index < -0.39 is 62.0 Å². The Bertz CT molecular complexity index is 1530. The largest absolute Gasteiger partial charge is 0.530 e. The van der Waals surface area contributed by atoms with E-state index in [2.05, 4.69) is 13.0 Å². The number of esters is 2. The molecule has 0 bridgehead atoms. The molecule has 11 unspecified atom stereocenters. The van der Waals surface area contributed by atoms with Gasteiger partial charge in [-0.25, -0.2) is 4.57 Å². The zero-order valence-corrected chi connectivity index (χ0v) is 34.2. The minimum Gasteiger partial charge on any atom is -0.462 e. The number of hydrogen-bond acceptors (Lipinski definition) is 13. The van der Waals surface area contributed by atoms with Crippen molar-refractivity contribution < 1.29 is 57.3 Å². The van der Waals surface area contributed by atoms with Crippen LogP contribution in [0.3, 0.4) is 0 Å². The molecule has 0 spiro atoms. The predicted molar refractivity (Wildman–Crippen MR) is 207 cm³/mol. The van der Waals surface area contributed by atoms with Crippen LogP contribution in [0.4, 0.5) is 0 Å². The number of aliphatic hydroxyl groups excluding tert-OH is 3. The van der Waals surface area contributed by atoms with Crippen LogP contribution in [-0.4, -0.2) is 82.9 Å². The SMILES string of the molecule is CCCCOP(=O)(OCCCC)Oc1ccc2c(c1)CCC1C2CCC2(C)C(OC(=O)CCC(O)C(O)CCC(=O)OC3CCC(N)C(O)C3C(N)=O)CCC12. The van der Waals surface area contributed by atoms with Gasteiger partial charge in [-0.05, 0) is 118 Å². The maximum atomic E-state index is 13.5. The van der Waals surface area contributed by atoms with E-state index >= 15 is 0 Å². The van der Waals surface area contributed by atoms with E-state index in [0.29, 0.717) is 43.1 Å². The molecule has 3 saturated carbocycles. The zero-order chi connectivity index (χ0) is 40.6. The molecule has 316 valence electrons. The van der Waals surface area contributed by atoms with Gasteiger partial charge in [0, 0.05) is 24.3 Å². The molecule has 0 saturated heterocycles. The van der Waals surface area contributed by atoms with Crippen molar-refractivity contribution in [3.8, 4) is 5.75 Å². The van der Waals surface area contributed by atoms with E-state index in [1.54, 1.807) is 0 Å². The summed E-state index contributed by atoms with van der Waals surface area (Å²) in [6.45, 7) is 6.94. The molecule has 4 aliphatic rings. The van der Waals surface area contributed by atoms with Gasteiger partial charge in [-0.2, -0.15) is 0 Å². The lowest BCUT2D eigenvalue weighted by molar-refractivity contribution is -0.163. The van der Waals surface area contributed by atoms with Crippen LogP contribution in [0.2, 0.25) is 0 Å². The molecule has 11 atom stereocenters. The third kappa shape index (κ3) is 10.7. The molecule has 3 fully saturated rings. The van der Waals surface area contributed by atoms with E-state index in [1.807, 2.05) is 26.0 Å². The molecule has 15 heteroatoms.